The van der Waals surface area contributed by atoms with Gasteiger partial charge in [-0.2, -0.15) is 0 Å². The SMILES string of the molecule is C=C1C(CO)=CN(C)c2cnc(OC3CC4=C(CCC=C4)C3)cc21. The second-order valence-electron chi connectivity index (χ2n) is 6.66. The number of aliphatic hydroxyl groups excluding tert-OH is 1. The predicted molar refractivity (Wildman–Crippen MR) is 95.9 cm³/mol. The molecule has 0 amide bonds. The zero-order chi connectivity index (χ0) is 16.7. The van der Waals surface area contributed by atoms with Crippen LogP contribution in [-0.4, -0.2) is 29.8 Å². The molecular weight excluding hydrogens is 300 g/mol. The van der Waals surface area contributed by atoms with Crippen LogP contribution in [0.3, 0.4) is 0 Å². The number of pyridine rings is 1. The van der Waals surface area contributed by atoms with Crippen molar-refractivity contribution in [1.29, 1.82) is 0 Å². The number of nitrogens with zero attached hydrogens (tertiary/aromatic N) is 2. The zero-order valence-corrected chi connectivity index (χ0v) is 14.0. The minimum absolute atomic E-state index is 0.0211. The summed E-state index contributed by atoms with van der Waals surface area (Å²) in [5, 5.41) is 9.51. The van der Waals surface area contributed by atoms with Crippen molar-refractivity contribution in [3.8, 4) is 5.88 Å². The summed E-state index contributed by atoms with van der Waals surface area (Å²) in [6.45, 7) is 4.10. The number of aromatic nitrogens is 1. The highest BCUT2D eigenvalue weighted by molar-refractivity contribution is 5.88. The van der Waals surface area contributed by atoms with Crippen LogP contribution in [0.25, 0.3) is 5.57 Å². The predicted octanol–water partition coefficient (Wildman–Crippen LogP) is 3.61. The first kappa shape index (κ1) is 15.2. The molecule has 0 aromatic carbocycles. The lowest BCUT2D eigenvalue weighted by atomic mass is 9.96. The minimum atomic E-state index is -0.0211. The monoisotopic (exact) mass is 322 g/mol. The Bertz CT molecular complexity index is 789. The highest BCUT2D eigenvalue weighted by atomic mass is 16.5. The lowest BCUT2D eigenvalue weighted by Crippen LogP contribution is -2.19. The third-order valence-electron chi connectivity index (χ3n) is 5.07. The Hall–Kier alpha value is -2.33. The summed E-state index contributed by atoms with van der Waals surface area (Å²) >= 11 is 0. The average molecular weight is 322 g/mol. The van der Waals surface area contributed by atoms with Gasteiger partial charge in [0.2, 0.25) is 5.88 Å². The molecular formula is C20H22N2O2. The highest BCUT2D eigenvalue weighted by Gasteiger charge is 2.26. The molecule has 1 aliphatic heterocycles. The van der Waals surface area contributed by atoms with Crippen molar-refractivity contribution in [3.63, 3.8) is 0 Å². The van der Waals surface area contributed by atoms with Gasteiger partial charge in [-0.3, -0.25) is 0 Å². The molecule has 4 heteroatoms. The molecule has 124 valence electrons. The third kappa shape index (κ3) is 2.57. The van der Waals surface area contributed by atoms with Gasteiger partial charge in [-0.15, -0.1) is 0 Å². The van der Waals surface area contributed by atoms with Gasteiger partial charge in [0.1, 0.15) is 6.10 Å². The molecule has 4 nitrogen and oxygen atoms in total. The van der Waals surface area contributed by atoms with E-state index in [1.807, 2.05) is 30.4 Å². The first-order valence-corrected chi connectivity index (χ1v) is 8.44. The van der Waals surface area contributed by atoms with Crippen molar-refractivity contribution in [2.45, 2.75) is 31.8 Å². The van der Waals surface area contributed by atoms with Crippen LogP contribution in [0, 0.1) is 0 Å². The van der Waals surface area contributed by atoms with Crippen molar-refractivity contribution in [1.82, 2.24) is 4.98 Å². The molecule has 4 rings (SSSR count). The fraction of sp³-hybridized carbons (Fsp3) is 0.350. The molecule has 24 heavy (non-hydrogen) atoms. The number of hydrogen-bond acceptors (Lipinski definition) is 4. The van der Waals surface area contributed by atoms with E-state index in [1.165, 1.54) is 11.1 Å². The summed E-state index contributed by atoms with van der Waals surface area (Å²) < 4.78 is 6.16. The van der Waals surface area contributed by atoms with Gasteiger partial charge in [0, 0.05) is 43.3 Å². The molecule has 1 aromatic heterocycles. The van der Waals surface area contributed by atoms with Gasteiger partial charge in [0.05, 0.1) is 18.5 Å². The maximum absolute atomic E-state index is 9.51. The molecule has 1 aromatic rings. The standard InChI is InChI=1S/C20H22N2O2/c1-13-16(12-23)11-22(2)19-10-21-20(9-18(13)19)24-17-7-14-5-3-4-6-15(14)8-17/h3,5,9-11,17,23H,1,4,6-8,12H2,2H3. The van der Waals surface area contributed by atoms with E-state index in [-0.39, 0.29) is 12.7 Å². The largest absolute Gasteiger partial charge is 0.474 e. The summed E-state index contributed by atoms with van der Waals surface area (Å²) in [5.74, 6) is 0.635. The Balaban J connectivity index is 1.54. The van der Waals surface area contributed by atoms with Gasteiger partial charge in [-0.05, 0) is 24.0 Å². The molecule has 0 saturated heterocycles. The van der Waals surface area contributed by atoms with Crippen molar-refractivity contribution in [3.05, 3.63) is 59.5 Å². The van der Waals surface area contributed by atoms with Gasteiger partial charge < -0.3 is 14.7 Å². The topological polar surface area (TPSA) is 45.6 Å². The molecule has 0 bridgehead atoms. The van der Waals surface area contributed by atoms with E-state index in [0.29, 0.717) is 5.88 Å². The molecule has 0 saturated carbocycles. The lowest BCUT2D eigenvalue weighted by Gasteiger charge is -2.27. The van der Waals surface area contributed by atoms with E-state index in [1.54, 1.807) is 0 Å². The molecule has 0 fully saturated rings. The van der Waals surface area contributed by atoms with Gasteiger partial charge in [0.25, 0.3) is 0 Å². The first-order valence-electron chi connectivity index (χ1n) is 8.44. The number of anilines is 1. The van der Waals surface area contributed by atoms with Crippen molar-refractivity contribution in [2.24, 2.45) is 0 Å². The Morgan fingerprint density at radius 2 is 2.29 bits per heavy atom. The van der Waals surface area contributed by atoms with Crippen LogP contribution in [0.5, 0.6) is 5.88 Å². The zero-order valence-electron chi connectivity index (χ0n) is 14.0. The highest BCUT2D eigenvalue weighted by Crippen LogP contribution is 2.38. The molecule has 0 spiro atoms. The quantitative estimate of drug-likeness (QED) is 0.923. The van der Waals surface area contributed by atoms with E-state index >= 15 is 0 Å². The van der Waals surface area contributed by atoms with Gasteiger partial charge in [-0.1, -0.05) is 24.3 Å². The molecule has 3 aliphatic rings. The Kier molecular flexibility index (Phi) is 3.77. The van der Waals surface area contributed by atoms with E-state index in [4.69, 9.17) is 4.74 Å². The maximum atomic E-state index is 9.51. The van der Waals surface area contributed by atoms with Crippen molar-refractivity contribution < 1.29 is 9.84 Å². The van der Waals surface area contributed by atoms with Gasteiger partial charge >= 0.3 is 0 Å². The number of ether oxygens (including phenoxy) is 1. The fourth-order valence-corrected chi connectivity index (χ4v) is 3.76. The van der Waals surface area contributed by atoms with Gasteiger partial charge in [0.15, 0.2) is 0 Å². The van der Waals surface area contributed by atoms with Crippen LogP contribution in [0.2, 0.25) is 0 Å². The van der Waals surface area contributed by atoms with Crippen LogP contribution in [0.1, 0.15) is 31.2 Å². The molecule has 2 aliphatic carbocycles. The smallest absolute Gasteiger partial charge is 0.214 e. The number of rotatable bonds is 3. The van der Waals surface area contributed by atoms with E-state index in [0.717, 1.165) is 48.1 Å². The Morgan fingerprint density at radius 3 is 3.08 bits per heavy atom. The molecule has 2 heterocycles. The van der Waals surface area contributed by atoms with Crippen LogP contribution in [-0.2, 0) is 0 Å². The maximum Gasteiger partial charge on any atom is 0.214 e. The summed E-state index contributed by atoms with van der Waals surface area (Å²) in [5.41, 5.74) is 6.60. The number of aliphatic hydroxyl groups is 1. The third-order valence-corrected chi connectivity index (χ3v) is 5.07. The van der Waals surface area contributed by atoms with E-state index in [2.05, 4.69) is 23.7 Å². The van der Waals surface area contributed by atoms with E-state index in [9.17, 15) is 5.11 Å². The summed E-state index contributed by atoms with van der Waals surface area (Å²) in [6, 6.07) is 1.95. The summed E-state index contributed by atoms with van der Waals surface area (Å²) in [4.78, 5) is 6.44. The number of allylic oxidation sites excluding steroid dienone is 2. The molecule has 1 N–H and O–H groups in total. The number of fused-ring (bicyclic) bond motifs is 1. The minimum Gasteiger partial charge on any atom is -0.474 e. The van der Waals surface area contributed by atoms with Crippen molar-refractivity contribution in [2.75, 3.05) is 18.6 Å². The second kappa shape index (κ2) is 5.95. The summed E-state index contributed by atoms with van der Waals surface area (Å²) in [6.07, 6.45) is 12.7. The average Bonchev–Trinajstić information content (AvgIpc) is 3.00. The van der Waals surface area contributed by atoms with E-state index < -0.39 is 0 Å². The first-order chi connectivity index (χ1) is 11.7. The fourth-order valence-electron chi connectivity index (χ4n) is 3.76. The normalized spacial score (nSPS) is 22.4. The summed E-state index contributed by atoms with van der Waals surface area (Å²) in [7, 11) is 1.95. The van der Waals surface area contributed by atoms with Crippen LogP contribution in [0.15, 0.2) is 53.9 Å². The van der Waals surface area contributed by atoms with Crippen LogP contribution >= 0.6 is 0 Å². The number of hydrogen-bond donors (Lipinski definition) is 1. The molecule has 1 unspecified atom stereocenters. The lowest BCUT2D eigenvalue weighted by molar-refractivity contribution is 0.204. The second-order valence-corrected chi connectivity index (χ2v) is 6.66. The van der Waals surface area contributed by atoms with Crippen LogP contribution in [0.4, 0.5) is 5.69 Å². The van der Waals surface area contributed by atoms with Crippen molar-refractivity contribution >= 4 is 11.3 Å². The molecule has 1 atom stereocenters. The Morgan fingerprint density at radius 1 is 1.42 bits per heavy atom. The van der Waals surface area contributed by atoms with Gasteiger partial charge in [-0.25, -0.2) is 4.98 Å². The Labute approximate surface area is 142 Å². The van der Waals surface area contributed by atoms with Crippen LogP contribution < -0.4 is 9.64 Å². The molecule has 0 radical (unpaired) electrons.